The van der Waals surface area contributed by atoms with Gasteiger partial charge in [0.05, 0.1) is 6.42 Å². The molecule has 1 amide bonds. The van der Waals surface area contributed by atoms with Gasteiger partial charge in [0, 0.05) is 11.8 Å². The van der Waals surface area contributed by atoms with Gasteiger partial charge in [-0.15, -0.1) is 0 Å². The lowest BCUT2D eigenvalue weighted by molar-refractivity contribution is -0.144. The van der Waals surface area contributed by atoms with E-state index < -0.39 is 30.3 Å². The van der Waals surface area contributed by atoms with Crippen LogP contribution < -0.4 is 11.1 Å². The van der Waals surface area contributed by atoms with Crippen LogP contribution in [0.4, 0.5) is 5.82 Å². The molecule has 0 fully saturated rings. The van der Waals surface area contributed by atoms with Gasteiger partial charge in [-0.2, -0.15) is 0 Å². The van der Waals surface area contributed by atoms with Gasteiger partial charge in [-0.1, -0.05) is 0 Å². The van der Waals surface area contributed by atoms with Crippen LogP contribution in [-0.2, 0) is 9.59 Å². The summed E-state index contributed by atoms with van der Waals surface area (Å²) in [6.07, 6.45) is 0.653. The van der Waals surface area contributed by atoms with Crippen LogP contribution in [-0.4, -0.2) is 39.1 Å². The first-order valence-electron chi connectivity index (χ1n) is 4.87. The molecule has 8 heteroatoms. The topological polar surface area (TPSA) is 143 Å². The summed E-state index contributed by atoms with van der Waals surface area (Å²) in [7, 11) is 0. The Morgan fingerprint density at radius 1 is 1.39 bits per heavy atom. The van der Waals surface area contributed by atoms with E-state index >= 15 is 0 Å². The molecule has 0 aliphatic rings. The first-order valence-corrected chi connectivity index (χ1v) is 4.87. The van der Waals surface area contributed by atoms with Crippen molar-refractivity contribution in [3.63, 3.8) is 0 Å². The molecule has 0 saturated heterocycles. The molecule has 1 rings (SSSR count). The molecule has 1 heterocycles. The number of hydrogen-bond acceptors (Lipinski definition) is 5. The molecule has 0 saturated carbocycles. The van der Waals surface area contributed by atoms with Crippen LogP contribution in [0.15, 0.2) is 18.3 Å². The monoisotopic (exact) mass is 253 g/mol. The Morgan fingerprint density at radius 3 is 2.56 bits per heavy atom. The fraction of sp³-hybridized carbons (Fsp3) is 0.200. The Labute approximate surface area is 101 Å². The third-order valence-corrected chi connectivity index (χ3v) is 2.04. The minimum absolute atomic E-state index is 0.0694. The van der Waals surface area contributed by atoms with E-state index in [1.807, 2.05) is 0 Å². The zero-order chi connectivity index (χ0) is 13.7. The summed E-state index contributed by atoms with van der Waals surface area (Å²) in [6, 6.07) is 1.28. The molecule has 18 heavy (non-hydrogen) atoms. The zero-order valence-corrected chi connectivity index (χ0v) is 9.16. The van der Waals surface area contributed by atoms with E-state index in [0.29, 0.717) is 0 Å². The maximum Gasteiger partial charge on any atom is 0.326 e. The maximum absolute atomic E-state index is 10.9. The molecular weight excluding hydrogens is 242 g/mol. The molecule has 0 spiro atoms. The fourth-order valence-electron chi connectivity index (χ4n) is 1.22. The van der Waals surface area contributed by atoms with Gasteiger partial charge in [-0.05, 0) is 12.1 Å². The van der Waals surface area contributed by atoms with E-state index in [4.69, 9.17) is 15.9 Å². The van der Waals surface area contributed by atoms with E-state index in [0.717, 1.165) is 0 Å². The summed E-state index contributed by atoms with van der Waals surface area (Å²) in [5, 5.41) is 19.8. The van der Waals surface area contributed by atoms with Crippen LogP contribution in [0.1, 0.15) is 16.8 Å². The molecule has 0 aliphatic carbocycles. The highest BCUT2D eigenvalue weighted by atomic mass is 16.4. The second kappa shape index (κ2) is 5.62. The highest BCUT2D eigenvalue weighted by Crippen LogP contribution is 2.09. The van der Waals surface area contributed by atoms with Crippen molar-refractivity contribution in [3.8, 4) is 0 Å². The Bertz CT molecular complexity index is 488. The first kappa shape index (κ1) is 13.4. The Morgan fingerprint density at radius 2 is 2.06 bits per heavy atom. The smallest absolute Gasteiger partial charge is 0.326 e. The van der Waals surface area contributed by atoms with Crippen molar-refractivity contribution in [2.75, 3.05) is 5.32 Å². The van der Waals surface area contributed by atoms with E-state index in [1.54, 1.807) is 0 Å². The molecule has 0 aromatic carbocycles. The largest absolute Gasteiger partial charge is 0.481 e. The van der Waals surface area contributed by atoms with Gasteiger partial charge in [0.1, 0.15) is 11.9 Å². The highest BCUT2D eigenvalue weighted by Gasteiger charge is 2.21. The quantitative estimate of drug-likeness (QED) is 0.536. The number of hydrogen-bond donors (Lipinski definition) is 4. The zero-order valence-electron chi connectivity index (χ0n) is 9.16. The van der Waals surface area contributed by atoms with Gasteiger partial charge in [0.25, 0.3) is 0 Å². The van der Waals surface area contributed by atoms with E-state index in [-0.39, 0.29) is 11.4 Å². The lowest BCUT2D eigenvalue weighted by atomic mass is 10.2. The first-order chi connectivity index (χ1) is 8.40. The molecular formula is C10H11N3O5. The number of nitrogens with zero attached hydrogens (tertiary/aromatic N) is 1. The summed E-state index contributed by atoms with van der Waals surface area (Å²) in [5.74, 6) is -3.21. The lowest BCUT2D eigenvalue weighted by Crippen LogP contribution is -2.32. The number of aliphatic carboxylic acids is 2. The van der Waals surface area contributed by atoms with Crippen molar-refractivity contribution >= 4 is 23.7 Å². The lowest BCUT2D eigenvalue weighted by Gasteiger charge is -2.13. The maximum atomic E-state index is 10.9. The van der Waals surface area contributed by atoms with Gasteiger partial charge in [0.2, 0.25) is 5.91 Å². The molecule has 96 valence electrons. The number of primary amides is 1. The molecule has 0 bridgehead atoms. The predicted molar refractivity (Wildman–Crippen MR) is 60.1 cm³/mol. The van der Waals surface area contributed by atoms with Crippen molar-refractivity contribution in [3.05, 3.63) is 23.9 Å². The van der Waals surface area contributed by atoms with Crippen LogP contribution in [0.25, 0.3) is 0 Å². The molecule has 8 nitrogen and oxygen atoms in total. The van der Waals surface area contributed by atoms with Crippen LogP contribution in [0, 0.1) is 0 Å². The highest BCUT2D eigenvalue weighted by molar-refractivity contribution is 5.93. The molecule has 5 N–H and O–H groups in total. The van der Waals surface area contributed by atoms with Crippen molar-refractivity contribution in [1.82, 2.24) is 4.98 Å². The van der Waals surface area contributed by atoms with E-state index in [2.05, 4.69) is 10.3 Å². The number of anilines is 1. The van der Waals surface area contributed by atoms with E-state index in [9.17, 15) is 14.4 Å². The number of pyridine rings is 1. The summed E-state index contributed by atoms with van der Waals surface area (Å²) in [6.45, 7) is 0. The Hall–Kier alpha value is -2.64. The van der Waals surface area contributed by atoms with Crippen LogP contribution in [0.5, 0.6) is 0 Å². The minimum atomic E-state index is -1.34. The second-order valence-electron chi connectivity index (χ2n) is 3.43. The predicted octanol–water partition coefficient (Wildman–Crippen LogP) is -0.480. The summed E-state index contributed by atoms with van der Waals surface area (Å²) in [4.78, 5) is 36.0. The molecule has 1 unspecified atom stereocenters. The summed E-state index contributed by atoms with van der Waals surface area (Å²) < 4.78 is 0. The van der Waals surface area contributed by atoms with Crippen LogP contribution in [0.2, 0.25) is 0 Å². The molecule has 1 aromatic heterocycles. The van der Waals surface area contributed by atoms with Crippen LogP contribution in [0.3, 0.4) is 0 Å². The second-order valence-corrected chi connectivity index (χ2v) is 3.43. The normalized spacial score (nSPS) is 11.6. The number of carbonyl (C=O) groups is 3. The van der Waals surface area contributed by atoms with Gasteiger partial charge >= 0.3 is 11.9 Å². The molecule has 1 aromatic rings. The third-order valence-electron chi connectivity index (χ3n) is 2.04. The van der Waals surface area contributed by atoms with Gasteiger partial charge in [-0.25, -0.2) is 9.78 Å². The van der Waals surface area contributed by atoms with Gasteiger partial charge < -0.3 is 21.3 Å². The Kier molecular flexibility index (Phi) is 4.19. The number of carboxylic acid groups (broad SMARTS) is 2. The summed E-state index contributed by atoms with van der Waals surface area (Å²) >= 11 is 0. The van der Waals surface area contributed by atoms with Crippen LogP contribution >= 0.6 is 0 Å². The van der Waals surface area contributed by atoms with Crippen molar-refractivity contribution < 1.29 is 24.6 Å². The minimum Gasteiger partial charge on any atom is -0.481 e. The number of rotatable bonds is 6. The number of aromatic nitrogens is 1. The third kappa shape index (κ3) is 3.74. The average molecular weight is 253 g/mol. The molecule has 0 radical (unpaired) electrons. The van der Waals surface area contributed by atoms with Crippen molar-refractivity contribution in [1.29, 1.82) is 0 Å². The number of nitrogens with one attached hydrogen (secondary N) is 1. The number of amides is 1. The number of carboxylic acids is 2. The standard InChI is InChI=1S/C10H11N3O5/c11-9(16)5-1-2-12-7(3-5)13-6(10(17)18)4-8(14)15/h1-3,6H,4H2,(H2,11,16)(H,12,13)(H,14,15)(H,17,18). The average Bonchev–Trinajstić information content (AvgIpc) is 2.27. The van der Waals surface area contributed by atoms with Gasteiger partial charge in [0.15, 0.2) is 0 Å². The van der Waals surface area contributed by atoms with Crippen molar-refractivity contribution in [2.24, 2.45) is 5.73 Å². The number of nitrogens with two attached hydrogens (primary N) is 1. The Balaban J connectivity index is 2.86. The summed E-state index contributed by atoms with van der Waals surface area (Å²) in [5.41, 5.74) is 5.19. The molecule has 1 atom stereocenters. The van der Waals surface area contributed by atoms with E-state index in [1.165, 1.54) is 18.3 Å². The SMILES string of the molecule is NC(=O)c1ccnc(NC(CC(=O)O)C(=O)O)c1. The fourth-order valence-corrected chi connectivity index (χ4v) is 1.22. The number of carbonyl (C=O) groups excluding carboxylic acids is 1. The van der Waals surface area contributed by atoms with Gasteiger partial charge in [-0.3, -0.25) is 9.59 Å². The molecule has 0 aliphatic heterocycles. The van der Waals surface area contributed by atoms with Crippen molar-refractivity contribution in [2.45, 2.75) is 12.5 Å².